The highest BCUT2D eigenvalue weighted by Gasteiger charge is 2.13. The van der Waals surface area contributed by atoms with E-state index in [1.165, 1.54) is 0 Å². The maximum absolute atomic E-state index is 6.00. The molecule has 2 N–H and O–H groups in total. The number of nitrogens with zero attached hydrogens (tertiary/aromatic N) is 3. The molecule has 90 valence electrons. The summed E-state index contributed by atoms with van der Waals surface area (Å²) in [5.74, 6) is 1.60. The summed E-state index contributed by atoms with van der Waals surface area (Å²) < 4.78 is 1.98. The summed E-state index contributed by atoms with van der Waals surface area (Å²) in [6.45, 7) is 4.72. The summed E-state index contributed by atoms with van der Waals surface area (Å²) >= 11 is 12.0. The number of nitrogen functional groups attached to an aromatic ring is 1. The van der Waals surface area contributed by atoms with Crippen molar-refractivity contribution in [1.29, 1.82) is 0 Å². The average molecular weight is 271 g/mol. The quantitative estimate of drug-likeness (QED) is 0.853. The van der Waals surface area contributed by atoms with Crippen molar-refractivity contribution in [2.24, 2.45) is 0 Å². The monoisotopic (exact) mass is 270 g/mol. The van der Waals surface area contributed by atoms with E-state index in [2.05, 4.69) is 10.2 Å². The van der Waals surface area contributed by atoms with Crippen LogP contribution in [0.4, 0.5) is 5.69 Å². The van der Waals surface area contributed by atoms with E-state index in [0.29, 0.717) is 15.7 Å². The van der Waals surface area contributed by atoms with Gasteiger partial charge in [0.2, 0.25) is 0 Å². The highest BCUT2D eigenvalue weighted by molar-refractivity contribution is 6.39. The van der Waals surface area contributed by atoms with Crippen LogP contribution in [0.2, 0.25) is 10.0 Å². The van der Waals surface area contributed by atoms with Crippen molar-refractivity contribution in [3.63, 3.8) is 0 Å². The Bertz CT molecular complexity index is 540. The Labute approximate surface area is 109 Å². The number of aromatic nitrogens is 3. The Hall–Kier alpha value is -1.26. The van der Waals surface area contributed by atoms with Crippen molar-refractivity contribution < 1.29 is 0 Å². The maximum atomic E-state index is 6.00. The van der Waals surface area contributed by atoms with Gasteiger partial charge in [-0.25, -0.2) is 0 Å². The summed E-state index contributed by atoms with van der Waals surface area (Å²) in [5.41, 5.74) is 6.90. The van der Waals surface area contributed by atoms with E-state index in [4.69, 9.17) is 28.9 Å². The van der Waals surface area contributed by atoms with Crippen molar-refractivity contribution in [2.45, 2.75) is 20.4 Å². The summed E-state index contributed by atoms with van der Waals surface area (Å²) in [6, 6.07) is 3.50. The molecule has 0 saturated heterocycles. The first kappa shape index (κ1) is 12.2. The summed E-state index contributed by atoms with van der Waals surface area (Å²) in [4.78, 5) is 0. The van der Waals surface area contributed by atoms with Gasteiger partial charge in [-0.2, -0.15) is 0 Å². The fraction of sp³-hybridized carbons (Fsp3) is 0.273. The molecule has 0 atom stereocenters. The highest BCUT2D eigenvalue weighted by Crippen LogP contribution is 2.32. The molecule has 2 aromatic rings. The number of hydrogen-bond acceptors (Lipinski definition) is 3. The fourth-order valence-corrected chi connectivity index (χ4v) is 2.17. The molecule has 0 unspecified atom stereocenters. The van der Waals surface area contributed by atoms with Gasteiger partial charge in [0, 0.05) is 12.1 Å². The molecule has 1 aromatic carbocycles. The third-order valence-corrected chi connectivity index (χ3v) is 3.21. The van der Waals surface area contributed by atoms with Crippen molar-refractivity contribution in [3.8, 4) is 11.4 Å². The van der Waals surface area contributed by atoms with Gasteiger partial charge in [-0.15, -0.1) is 10.2 Å². The second-order valence-corrected chi connectivity index (χ2v) is 4.48. The summed E-state index contributed by atoms with van der Waals surface area (Å²) in [5, 5.41) is 9.02. The van der Waals surface area contributed by atoms with Crippen molar-refractivity contribution >= 4 is 28.9 Å². The minimum atomic E-state index is 0.386. The minimum Gasteiger partial charge on any atom is -0.396 e. The molecule has 0 bridgehead atoms. The first-order valence-electron chi connectivity index (χ1n) is 5.19. The molecule has 1 aromatic heterocycles. The lowest BCUT2D eigenvalue weighted by atomic mass is 10.2. The first-order valence-corrected chi connectivity index (χ1v) is 5.95. The number of hydrogen-bond donors (Lipinski definition) is 1. The van der Waals surface area contributed by atoms with E-state index >= 15 is 0 Å². The molecule has 17 heavy (non-hydrogen) atoms. The van der Waals surface area contributed by atoms with E-state index in [1.807, 2.05) is 18.4 Å². The lowest BCUT2D eigenvalue weighted by molar-refractivity contribution is 0.737. The SMILES string of the molecule is CCn1c(C)nnc1-c1cc(Cl)c(N)c(Cl)c1. The molecule has 0 radical (unpaired) electrons. The maximum Gasteiger partial charge on any atom is 0.164 e. The smallest absolute Gasteiger partial charge is 0.164 e. The second kappa shape index (κ2) is 4.55. The van der Waals surface area contributed by atoms with Crippen LogP contribution >= 0.6 is 23.2 Å². The Balaban J connectivity index is 2.61. The van der Waals surface area contributed by atoms with Crippen LogP contribution in [-0.4, -0.2) is 14.8 Å². The molecule has 0 amide bonds. The van der Waals surface area contributed by atoms with Crippen LogP contribution < -0.4 is 5.73 Å². The second-order valence-electron chi connectivity index (χ2n) is 3.67. The Morgan fingerprint density at radius 1 is 1.24 bits per heavy atom. The Kier molecular flexibility index (Phi) is 3.26. The summed E-state index contributed by atoms with van der Waals surface area (Å²) in [6.07, 6.45) is 0. The van der Waals surface area contributed by atoms with Crippen LogP contribution in [-0.2, 0) is 6.54 Å². The van der Waals surface area contributed by atoms with E-state index < -0.39 is 0 Å². The van der Waals surface area contributed by atoms with Gasteiger partial charge < -0.3 is 10.3 Å². The molecule has 0 fully saturated rings. The topological polar surface area (TPSA) is 56.7 Å². The van der Waals surface area contributed by atoms with E-state index in [9.17, 15) is 0 Å². The first-order chi connectivity index (χ1) is 8.04. The number of aryl methyl sites for hydroxylation is 1. The molecular formula is C11H12Cl2N4. The predicted molar refractivity (Wildman–Crippen MR) is 70.3 cm³/mol. The van der Waals surface area contributed by atoms with Gasteiger partial charge in [0.15, 0.2) is 5.82 Å². The molecule has 0 saturated carbocycles. The van der Waals surface area contributed by atoms with Gasteiger partial charge >= 0.3 is 0 Å². The Morgan fingerprint density at radius 2 is 1.82 bits per heavy atom. The van der Waals surface area contributed by atoms with Gasteiger partial charge in [-0.1, -0.05) is 23.2 Å². The minimum absolute atomic E-state index is 0.386. The Morgan fingerprint density at radius 3 is 2.35 bits per heavy atom. The van der Waals surface area contributed by atoms with E-state index in [1.54, 1.807) is 12.1 Å². The van der Waals surface area contributed by atoms with Gasteiger partial charge in [-0.3, -0.25) is 0 Å². The van der Waals surface area contributed by atoms with Crippen LogP contribution in [0.3, 0.4) is 0 Å². The van der Waals surface area contributed by atoms with Crippen LogP contribution in [0.15, 0.2) is 12.1 Å². The zero-order valence-corrected chi connectivity index (χ0v) is 11.0. The van der Waals surface area contributed by atoms with E-state index in [0.717, 1.165) is 23.8 Å². The zero-order chi connectivity index (χ0) is 12.6. The molecule has 1 heterocycles. The standard InChI is InChI=1S/C11H12Cl2N4/c1-3-17-6(2)15-16-11(17)7-4-8(12)10(14)9(13)5-7/h4-5H,3,14H2,1-2H3. The summed E-state index contributed by atoms with van der Waals surface area (Å²) in [7, 11) is 0. The zero-order valence-electron chi connectivity index (χ0n) is 9.54. The molecule has 2 rings (SSSR count). The average Bonchev–Trinajstić information content (AvgIpc) is 2.66. The van der Waals surface area contributed by atoms with Crippen LogP contribution in [0, 0.1) is 6.92 Å². The molecule has 6 heteroatoms. The van der Waals surface area contributed by atoms with Gasteiger partial charge in [0.05, 0.1) is 15.7 Å². The van der Waals surface area contributed by atoms with E-state index in [-0.39, 0.29) is 0 Å². The molecule has 0 aliphatic rings. The molecule has 0 spiro atoms. The lowest BCUT2D eigenvalue weighted by Crippen LogP contribution is -2.00. The normalized spacial score (nSPS) is 10.8. The van der Waals surface area contributed by atoms with Crippen molar-refractivity contribution in [3.05, 3.63) is 28.0 Å². The molecule has 0 aliphatic heterocycles. The van der Waals surface area contributed by atoms with Crippen molar-refractivity contribution in [1.82, 2.24) is 14.8 Å². The molecule has 0 aliphatic carbocycles. The molecular weight excluding hydrogens is 259 g/mol. The van der Waals surface area contributed by atoms with Crippen LogP contribution in [0.5, 0.6) is 0 Å². The third-order valence-electron chi connectivity index (χ3n) is 2.59. The fourth-order valence-electron chi connectivity index (χ4n) is 1.69. The van der Waals surface area contributed by atoms with Gasteiger partial charge in [0.25, 0.3) is 0 Å². The molecule has 4 nitrogen and oxygen atoms in total. The van der Waals surface area contributed by atoms with Crippen molar-refractivity contribution in [2.75, 3.05) is 5.73 Å². The number of halogens is 2. The third kappa shape index (κ3) is 2.10. The number of nitrogens with two attached hydrogens (primary N) is 1. The highest BCUT2D eigenvalue weighted by atomic mass is 35.5. The van der Waals surface area contributed by atoms with Crippen LogP contribution in [0.1, 0.15) is 12.7 Å². The lowest BCUT2D eigenvalue weighted by Gasteiger charge is -2.08. The number of anilines is 1. The van der Waals surface area contributed by atoms with Crippen LogP contribution in [0.25, 0.3) is 11.4 Å². The predicted octanol–water partition coefficient (Wildman–Crippen LogP) is 3.16. The van der Waals surface area contributed by atoms with Gasteiger partial charge in [0.1, 0.15) is 5.82 Å². The number of benzene rings is 1. The number of rotatable bonds is 2. The van der Waals surface area contributed by atoms with Gasteiger partial charge in [-0.05, 0) is 26.0 Å². The largest absolute Gasteiger partial charge is 0.396 e.